The highest BCUT2D eigenvalue weighted by atomic mass is 32.2. The molecule has 0 bridgehead atoms. The Kier molecular flexibility index (Phi) is 6.36. The molecule has 0 aliphatic carbocycles. The van der Waals surface area contributed by atoms with E-state index >= 15 is 0 Å². The van der Waals surface area contributed by atoms with Gasteiger partial charge in [-0.3, -0.25) is 4.79 Å². The van der Waals surface area contributed by atoms with Gasteiger partial charge < -0.3 is 10.4 Å². The minimum Gasteiger partial charge on any atom is -0.480 e. The monoisotopic (exact) mass is 317 g/mol. The summed E-state index contributed by atoms with van der Waals surface area (Å²) in [6.45, 7) is 0.445. The lowest BCUT2D eigenvalue weighted by Gasteiger charge is -2.13. The van der Waals surface area contributed by atoms with E-state index < -0.39 is 12.0 Å². The second kappa shape index (κ2) is 8.51. The fourth-order valence-electron chi connectivity index (χ4n) is 1.97. The smallest absolute Gasteiger partial charge is 0.320 e. The summed E-state index contributed by atoms with van der Waals surface area (Å²) >= 11 is 1.64. The van der Waals surface area contributed by atoms with Crippen LogP contribution in [0.15, 0.2) is 42.7 Å². The van der Waals surface area contributed by atoms with Crippen LogP contribution in [0.1, 0.15) is 12.0 Å². The lowest BCUT2D eigenvalue weighted by molar-refractivity contribution is -0.139. The number of hydrogen-bond donors (Lipinski definition) is 2. The van der Waals surface area contributed by atoms with Crippen LogP contribution >= 0.6 is 11.8 Å². The first-order valence-electron chi connectivity index (χ1n) is 7.02. The number of thioether (sulfide) groups is 1. The highest BCUT2D eigenvalue weighted by molar-refractivity contribution is 7.98. The average Bonchev–Trinajstić information content (AvgIpc) is 2.56. The summed E-state index contributed by atoms with van der Waals surface area (Å²) in [7, 11) is 0. The Bertz CT molecular complexity index is 590. The van der Waals surface area contributed by atoms with Gasteiger partial charge in [0.05, 0.1) is 0 Å². The first kappa shape index (κ1) is 16.5. The van der Waals surface area contributed by atoms with E-state index in [1.807, 2.05) is 36.6 Å². The zero-order valence-corrected chi connectivity index (χ0v) is 13.2. The Morgan fingerprint density at radius 2 is 1.95 bits per heavy atom. The molecule has 0 spiro atoms. The number of carboxylic acid groups (broad SMARTS) is 1. The molecule has 1 unspecified atom stereocenters. The molecular weight excluding hydrogens is 298 g/mol. The zero-order valence-electron chi connectivity index (χ0n) is 12.4. The molecular formula is C16H19N3O2S. The summed E-state index contributed by atoms with van der Waals surface area (Å²) in [4.78, 5) is 19.8. The van der Waals surface area contributed by atoms with E-state index in [4.69, 9.17) is 5.11 Å². The fraction of sp³-hybridized carbons (Fsp3) is 0.312. The van der Waals surface area contributed by atoms with E-state index in [-0.39, 0.29) is 0 Å². The molecule has 0 saturated heterocycles. The van der Waals surface area contributed by atoms with Crippen molar-refractivity contribution in [3.8, 4) is 11.4 Å². The van der Waals surface area contributed by atoms with E-state index in [9.17, 15) is 4.79 Å². The van der Waals surface area contributed by atoms with Crippen LogP contribution in [-0.2, 0) is 11.3 Å². The summed E-state index contributed by atoms with van der Waals surface area (Å²) in [5, 5.41) is 12.2. The highest BCUT2D eigenvalue weighted by Gasteiger charge is 2.16. The SMILES string of the molecule is CSCCC(NCc1cnc(-c2ccccc2)nc1)C(=O)O. The lowest BCUT2D eigenvalue weighted by Crippen LogP contribution is -2.36. The van der Waals surface area contributed by atoms with Crippen LogP contribution in [0, 0.1) is 0 Å². The van der Waals surface area contributed by atoms with Gasteiger partial charge in [0, 0.05) is 30.1 Å². The van der Waals surface area contributed by atoms with Crippen molar-refractivity contribution in [2.75, 3.05) is 12.0 Å². The summed E-state index contributed by atoms with van der Waals surface area (Å²) in [5.41, 5.74) is 1.83. The minimum atomic E-state index is -0.823. The molecule has 2 aromatic rings. The number of rotatable bonds is 8. The van der Waals surface area contributed by atoms with Gasteiger partial charge in [-0.15, -0.1) is 0 Å². The van der Waals surface area contributed by atoms with Crippen LogP contribution in [0.2, 0.25) is 0 Å². The molecule has 0 radical (unpaired) electrons. The average molecular weight is 317 g/mol. The number of benzene rings is 1. The van der Waals surface area contributed by atoms with Crippen molar-refractivity contribution in [2.45, 2.75) is 19.0 Å². The Morgan fingerprint density at radius 3 is 2.55 bits per heavy atom. The molecule has 1 atom stereocenters. The normalized spacial score (nSPS) is 12.0. The van der Waals surface area contributed by atoms with Gasteiger partial charge in [0.25, 0.3) is 0 Å². The van der Waals surface area contributed by atoms with E-state index in [2.05, 4.69) is 15.3 Å². The number of aromatic nitrogens is 2. The topological polar surface area (TPSA) is 75.1 Å². The number of aliphatic carboxylic acids is 1. The van der Waals surface area contributed by atoms with Crippen LogP contribution < -0.4 is 5.32 Å². The molecule has 116 valence electrons. The van der Waals surface area contributed by atoms with E-state index in [1.165, 1.54) is 0 Å². The van der Waals surface area contributed by atoms with Crippen LogP contribution in [0.3, 0.4) is 0 Å². The summed E-state index contributed by atoms with van der Waals surface area (Å²) in [6, 6.07) is 9.20. The Balaban J connectivity index is 1.95. The van der Waals surface area contributed by atoms with E-state index in [0.29, 0.717) is 18.8 Å². The van der Waals surface area contributed by atoms with Crippen LogP contribution in [0.5, 0.6) is 0 Å². The molecule has 22 heavy (non-hydrogen) atoms. The summed E-state index contributed by atoms with van der Waals surface area (Å²) in [5.74, 6) is 0.658. The zero-order chi connectivity index (χ0) is 15.8. The largest absolute Gasteiger partial charge is 0.480 e. The van der Waals surface area contributed by atoms with Crippen molar-refractivity contribution in [3.05, 3.63) is 48.3 Å². The number of hydrogen-bond acceptors (Lipinski definition) is 5. The quantitative estimate of drug-likeness (QED) is 0.779. The third kappa shape index (κ3) is 4.82. The first-order chi connectivity index (χ1) is 10.7. The van der Waals surface area contributed by atoms with Gasteiger partial charge in [-0.1, -0.05) is 30.3 Å². The minimum absolute atomic E-state index is 0.445. The second-order valence-corrected chi connectivity index (χ2v) is 5.82. The molecule has 0 aliphatic rings. The number of carboxylic acids is 1. The van der Waals surface area contributed by atoms with Crippen molar-refractivity contribution < 1.29 is 9.90 Å². The maximum Gasteiger partial charge on any atom is 0.320 e. The van der Waals surface area contributed by atoms with Gasteiger partial charge in [0.15, 0.2) is 5.82 Å². The fourth-order valence-corrected chi connectivity index (χ4v) is 2.44. The second-order valence-electron chi connectivity index (χ2n) is 4.83. The number of nitrogens with one attached hydrogen (secondary N) is 1. The van der Waals surface area contributed by atoms with Crippen LogP contribution in [0.25, 0.3) is 11.4 Å². The Morgan fingerprint density at radius 1 is 1.27 bits per heavy atom. The maximum absolute atomic E-state index is 11.2. The first-order valence-corrected chi connectivity index (χ1v) is 8.41. The van der Waals surface area contributed by atoms with E-state index in [1.54, 1.807) is 24.2 Å². The van der Waals surface area contributed by atoms with Crippen molar-refractivity contribution in [1.82, 2.24) is 15.3 Å². The molecule has 2 N–H and O–H groups in total. The molecule has 0 aliphatic heterocycles. The van der Waals surface area contributed by atoms with Crippen molar-refractivity contribution in [3.63, 3.8) is 0 Å². The predicted molar refractivity (Wildman–Crippen MR) is 88.7 cm³/mol. The molecule has 1 aromatic heterocycles. The number of nitrogens with zero attached hydrogens (tertiary/aromatic N) is 2. The molecule has 6 heteroatoms. The van der Waals surface area contributed by atoms with Gasteiger partial charge in [-0.25, -0.2) is 9.97 Å². The standard InChI is InChI=1S/C16H19N3O2S/c1-22-8-7-14(16(20)21)17-9-12-10-18-15(19-11-12)13-5-3-2-4-6-13/h2-6,10-11,14,17H,7-9H2,1H3,(H,20,21). The molecule has 2 rings (SSSR count). The molecule has 1 heterocycles. The van der Waals surface area contributed by atoms with Gasteiger partial charge in [0.1, 0.15) is 6.04 Å². The summed E-state index contributed by atoms with van der Waals surface area (Å²) in [6.07, 6.45) is 6.03. The van der Waals surface area contributed by atoms with Gasteiger partial charge in [-0.05, 0) is 18.4 Å². The van der Waals surface area contributed by atoms with Gasteiger partial charge in [0.2, 0.25) is 0 Å². The molecule has 0 saturated carbocycles. The van der Waals surface area contributed by atoms with E-state index in [0.717, 1.165) is 16.9 Å². The van der Waals surface area contributed by atoms with Crippen molar-refractivity contribution >= 4 is 17.7 Å². The molecule has 1 aromatic carbocycles. The van der Waals surface area contributed by atoms with Gasteiger partial charge >= 0.3 is 5.97 Å². The Labute approximate surface area is 134 Å². The molecule has 0 fully saturated rings. The van der Waals surface area contributed by atoms with Crippen molar-refractivity contribution in [2.24, 2.45) is 0 Å². The van der Waals surface area contributed by atoms with Crippen molar-refractivity contribution in [1.29, 1.82) is 0 Å². The van der Waals surface area contributed by atoms with Gasteiger partial charge in [-0.2, -0.15) is 11.8 Å². The lowest BCUT2D eigenvalue weighted by atomic mass is 10.2. The molecule has 5 nitrogen and oxygen atoms in total. The molecule has 0 amide bonds. The van der Waals surface area contributed by atoms with Crippen LogP contribution in [-0.4, -0.2) is 39.1 Å². The summed E-state index contributed by atoms with van der Waals surface area (Å²) < 4.78 is 0. The maximum atomic E-state index is 11.2. The highest BCUT2D eigenvalue weighted by Crippen LogP contribution is 2.13. The van der Waals surface area contributed by atoms with Crippen LogP contribution in [0.4, 0.5) is 0 Å². The number of carbonyl (C=O) groups is 1. The third-order valence-electron chi connectivity index (χ3n) is 3.20. The Hall–Kier alpha value is -1.92. The predicted octanol–water partition coefficient (Wildman–Crippen LogP) is 2.44. The third-order valence-corrected chi connectivity index (χ3v) is 3.84.